The van der Waals surface area contributed by atoms with E-state index in [2.05, 4.69) is 23.7 Å². The van der Waals surface area contributed by atoms with Gasteiger partial charge in [-0.3, -0.25) is 0 Å². The van der Waals surface area contributed by atoms with Crippen LogP contribution in [0.25, 0.3) is 11.3 Å². The van der Waals surface area contributed by atoms with Gasteiger partial charge in [-0.2, -0.15) is 0 Å². The maximum absolute atomic E-state index is 9.92. The van der Waals surface area contributed by atoms with Crippen molar-refractivity contribution in [3.05, 3.63) is 39.6 Å². The van der Waals surface area contributed by atoms with Crippen molar-refractivity contribution in [1.29, 1.82) is 0 Å². The zero-order valence-electron chi connectivity index (χ0n) is 16.0. The van der Waals surface area contributed by atoms with Crippen molar-refractivity contribution in [2.75, 3.05) is 18.0 Å². The Bertz CT molecular complexity index is 833. The number of hydrogen-bond donors (Lipinski definition) is 2. The molecule has 0 bridgehead atoms. The van der Waals surface area contributed by atoms with Crippen molar-refractivity contribution in [2.45, 2.75) is 46.3 Å². The Morgan fingerprint density at radius 2 is 1.93 bits per heavy atom. The predicted molar refractivity (Wildman–Crippen MR) is 111 cm³/mol. The highest BCUT2D eigenvalue weighted by atomic mass is 35.5. The first-order valence-corrected chi connectivity index (χ1v) is 9.95. The molecule has 0 amide bonds. The van der Waals surface area contributed by atoms with Gasteiger partial charge in [-0.25, -0.2) is 9.97 Å². The number of aryl methyl sites for hydroxylation is 1. The van der Waals surface area contributed by atoms with Gasteiger partial charge in [0.2, 0.25) is 0 Å². The number of aromatic nitrogens is 2. The zero-order valence-corrected chi connectivity index (χ0v) is 17.5. The van der Waals surface area contributed by atoms with Gasteiger partial charge in [-0.15, -0.1) is 0 Å². The van der Waals surface area contributed by atoms with Crippen molar-refractivity contribution < 1.29 is 5.11 Å². The van der Waals surface area contributed by atoms with E-state index in [1.807, 2.05) is 19.1 Å². The number of nitrogens with two attached hydrogens (primary N) is 1. The molecule has 2 aromatic rings. The molecule has 2 heterocycles. The van der Waals surface area contributed by atoms with Gasteiger partial charge in [0.25, 0.3) is 0 Å². The van der Waals surface area contributed by atoms with Crippen LogP contribution in [-0.2, 0) is 6.61 Å². The number of aliphatic hydroxyl groups is 1. The SMILES string of the molecule is Cc1nc(N2CCC(C)(C(C)N)CC2)c(CO)nc1-c1cccc(Cl)c1Cl. The molecule has 1 saturated heterocycles. The molecule has 0 aliphatic carbocycles. The lowest BCUT2D eigenvalue weighted by Crippen LogP contribution is -2.47. The third kappa shape index (κ3) is 3.92. The van der Waals surface area contributed by atoms with E-state index in [1.54, 1.807) is 6.07 Å². The van der Waals surface area contributed by atoms with Crippen LogP contribution in [0.5, 0.6) is 0 Å². The van der Waals surface area contributed by atoms with E-state index in [4.69, 9.17) is 33.9 Å². The summed E-state index contributed by atoms with van der Waals surface area (Å²) in [6.07, 6.45) is 1.97. The molecule has 0 radical (unpaired) electrons. The molecule has 1 aromatic heterocycles. The topological polar surface area (TPSA) is 75.3 Å². The lowest BCUT2D eigenvalue weighted by atomic mass is 9.75. The first kappa shape index (κ1) is 20.3. The summed E-state index contributed by atoms with van der Waals surface area (Å²) in [5.41, 5.74) is 8.97. The highest BCUT2D eigenvalue weighted by Crippen LogP contribution is 2.37. The third-order valence-electron chi connectivity index (χ3n) is 5.78. The summed E-state index contributed by atoms with van der Waals surface area (Å²) in [5.74, 6) is 0.739. The molecule has 0 spiro atoms. The van der Waals surface area contributed by atoms with Crippen LogP contribution in [0.2, 0.25) is 10.0 Å². The minimum Gasteiger partial charge on any atom is -0.390 e. The molecular weight excluding hydrogens is 383 g/mol. The van der Waals surface area contributed by atoms with Crippen molar-refractivity contribution in [3.8, 4) is 11.3 Å². The molecule has 3 N–H and O–H groups in total. The van der Waals surface area contributed by atoms with Gasteiger partial charge < -0.3 is 15.7 Å². The second kappa shape index (κ2) is 7.92. The van der Waals surface area contributed by atoms with Gasteiger partial charge in [-0.1, -0.05) is 42.3 Å². The Labute approximate surface area is 170 Å². The van der Waals surface area contributed by atoms with Crippen LogP contribution < -0.4 is 10.6 Å². The Morgan fingerprint density at radius 3 is 2.52 bits per heavy atom. The fraction of sp³-hybridized carbons (Fsp3) is 0.500. The molecular formula is C20H26Cl2N4O. The molecule has 7 heteroatoms. The van der Waals surface area contributed by atoms with E-state index in [0.717, 1.165) is 43.0 Å². The van der Waals surface area contributed by atoms with Gasteiger partial charge in [0.15, 0.2) is 5.82 Å². The molecule has 1 aliphatic heterocycles. The van der Waals surface area contributed by atoms with Crippen molar-refractivity contribution in [3.63, 3.8) is 0 Å². The molecule has 1 atom stereocenters. The Kier molecular flexibility index (Phi) is 5.96. The molecule has 1 aliphatic rings. The van der Waals surface area contributed by atoms with Crippen LogP contribution in [0.15, 0.2) is 18.2 Å². The van der Waals surface area contributed by atoms with E-state index in [9.17, 15) is 5.11 Å². The van der Waals surface area contributed by atoms with Crippen LogP contribution in [0.3, 0.4) is 0 Å². The van der Waals surface area contributed by atoms with Crippen molar-refractivity contribution >= 4 is 29.0 Å². The van der Waals surface area contributed by atoms with E-state index in [-0.39, 0.29) is 18.1 Å². The minimum atomic E-state index is -0.186. The largest absolute Gasteiger partial charge is 0.390 e. The second-order valence-electron chi connectivity index (χ2n) is 7.62. The summed E-state index contributed by atoms with van der Waals surface area (Å²) in [6.45, 7) is 7.72. The van der Waals surface area contributed by atoms with E-state index in [0.29, 0.717) is 21.4 Å². The molecule has 146 valence electrons. The highest BCUT2D eigenvalue weighted by Gasteiger charge is 2.34. The van der Waals surface area contributed by atoms with Crippen molar-refractivity contribution in [1.82, 2.24) is 9.97 Å². The van der Waals surface area contributed by atoms with Gasteiger partial charge in [0.1, 0.15) is 5.69 Å². The van der Waals surface area contributed by atoms with Gasteiger partial charge >= 0.3 is 0 Å². The average Bonchev–Trinajstić information content (AvgIpc) is 2.64. The smallest absolute Gasteiger partial charge is 0.153 e. The minimum absolute atomic E-state index is 0.132. The third-order valence-corrected chi connectivity index (χ3v) is 6.60. The Morgan fingerprint density at radius 1 is 1.26 bits per heavy atom. The molecule has 1 fully saturated rings. The van der Waals surface area contributed by atoms with Crippen LogP contribution in [-0.4, -0.2) is 34.2 Å². The number of halogens is 2. The monoisotopic (exact) mass is 408 g/mol. The summed E-state index contributed by atoms with van der Waals surface area (Å²) in [7, 11) is 0. The lowest BCUT2D eigenvalue weighted by molar-refractivity contribution is 0.204. The number of hydrogen-bond acceptors (Lipinski definition) is 5. The number of aliphatic hydroxyl groups excluding tert-OH is 1. The second-order valence-corrected chi connectivity index (χ2v) is 8.40. The van der Waals surface area contributed by atoms with Crippen LogP contribution in [0.1, 0.15) is 38.1 Å². The summed E-state index contributed by atoms with van der Waals surface area (Å²) >= 11 is 12.5. The summed E-state index contributed by atoms with van der Waals surface area (Å²) < 4.78 is 0. The highest BCUT2D eigenvalue weighted by molar-refractivity contribution is 6.43. The fourth-order valence-electron chi connectivity index (χ4n) is 3.53. The molecule has 0 saturated carbocycles. The van der Waals surface area contributed by atoms with Gasteiger partial charge in [-0.05, 0) is 38.2 Å². The molecule has 5 nitrogen and oxygen atoms in total. The van der Waals surface area contributed by atoms with E-state index < -0.39 is 0 Å². The molecule has 1 aromatic carbocycles. The summed E-state index contributed by atoms with van der Waals surface area (Å²) in [5, 5.41) is 10.8. The van der Waals surface area contributed by atoms with Gasteiger partial charge in [0, 0.05) is 24.7 Å². The number of rotatable bonds is 4. The number of piperidine rings is 1. The zero-order chi connectivity index (χ0) is 19.8. The van der Waals surface area contributed by atoms with Crippen molar-refractivity contribution in [2.24, 2.45) is 11.1 Å². The number of anilines is 1. The average molecular weight is 409 g/mol. The van der Waals surface area contributed by atoms with Crippen LogP contribution in [0, 0.1) is 12.3 Å². The number of benzene rings is 1. The number of nitrogens with zero attached hydrogens (tertiary/aromatic N) is 3. The maximum Gasteiger partial charge on any atom is 0.153 e. The normalized spacial score (nSPS) is 17.8. The van der Waals surface area contributed by atoms with E-state index >= 15 is 0 Å². The lowest BCUT2D eigenvalue weighted by Gasteiger charge is -2.42. The predicted octanol–water partition coefficient (Wildman–Crippen LogP) is 4.20. The quantitative estimate of drug-likeness (QED) is 0.792. The molecule has 1 unspecified atom stereocenters. The summed E-state index contributed by atoms with van der Waals surface area (Å²) in [6, 6.07) is 5.58. The fourth-order valence-corrected chi connectivity index (χ4v) is 3.92. The van der Waals surface area contributed by atoms with Crippen LogP contribution >= 0.6 is 23.2 Å². The first-order chi connectivity index (χ1) is 12.8. The van der Waals surface area contributed by atoms with E-state index in [1.165, 1.54) is 0 Å². The summed E-state index contributed by atoms with van der Waals surface area (Å²) in [4.78, 5) is 11.7. The maximum atomic E-state index is 9.92. The molecule has 27 heavy (non-hydrogen) atoms. The van der Waals surface area contributed by atoms with Crippen LogP contribution in [0.4, 0.5) is 5.82 Å². The Balaban J connectivity index is 1.95. The van der Waals surface area contributed by atoms with Gasteiger partial charge in [0.05, 0.1) is 28.0 Å². The Hall–Kier alpha value is -1.40. The molecule has 3 rings (SSSR count). The first-order valence-electron chi connectivity index (χ1n) is 9.20. The standard InChI is InChI=1S/C20H26Cl2N4O/c1-12-18(14-5-4-6-15(21)17(14)22)25-16(11-27)19(24-12)26-9-7-20(3,8-10-26)13(2)23/h4-6,13,27H,7-11,23H2,1-3H3.